The predicted octanol–water partition coefficient (Wildman–Crippen LogP) is 2.49. The zero-order valence-electron chi connectivity index (χ0n) is 18.2. The molecular weight excluding hydrogens is 366 g/mol. The summed E-state index contributed by atoms with van der Waals surface area (Å²) in [5, 5.41) is 14.2. The fourth-order valence-corrected chi connectivity index (χ4v) is 4.25. The molecule has 0 bridgehead atoms. The van der Waals surface area contributed by atoms with E-state index in [1.54, 1.807) is 7.11 Å². The molecule has 0 radical (unpaired) electrons. The molecular formula is C23H39N3O3. The first-order chi connectivity index (χ1) is 14.1. The van der Waals surface area contributed by atoms with E-state index in [1.165, 1.54) is 38.5 Å². The smallest absolute Gasteiger partial charge is 0.127 e. The summed E-state index contributed by atoms with van der Waals surface area (Å²) >= 11 is 0. The van der Waals surface area contributed by atoms with Gasteiger partial charge in [0.05, 0.1) is 7.11 Å². The minimum atomic E-state index is -0.493. The van der Waals surface area contributed by atoms with Gasteiger partial charge in [-0.3, -0.25) is 4.90 Å². The highest BCUT2D eigenvalue weighted by atomic mass is 16.5. The van der Waals surface area contributed by atoms with E-state index in [4.69, 9.17) is 9.47 Å². The molecule has 1 aromatic rings. The van der Waals surface area contributed by atoms with E-state index >= 15 is 0 Å². The van der Waals surface area contributed by atoms with Crippen molar-refractivity contribution in [2.24, 2.45) is 0 Å². The Bertz CT molecular complexity index is 597. The molecule has 164 valence electrons. The number of aliphatic hydroxyl groups is 1. The summed E-state index contributed by atoms with van der Waals surface area (Å²) in [6, 6.07) is 6.59. The van der Waals surface area contributed by atoms with Crippen molar-refractivity contribution in [1.82, 2.24) is 15.1 Å². The Morgan fingerprint density at radius 3 is 2.52 bits per heavy atom. The number of hydrogen-bond acceptors (Lipinski definition) is 6. The van der Waals surface area contributed by atoms with Crippen LogP contribution in [0.1, 0.15) is 44.1 Å². The second-order valence-electron chi connectivity index (χ2n) is 8.61. The van der Waals surface area contributed by atoms with E-state index < -0.39 is 6.10 Å². The highest BCUT2D eigenvalue weighted by Gasteiger charge is 2.18. The molecule has 0 aromatic heterocycles. The molecule has 0 unspecified atom stereocenters. The van der Waals surface area contributed by atoms with Crippen LogP contribution in [0.5, 0.6) is 11.5 Å². The van der Waals surface area contributed by atoms with E-state index in [9.17, 15) is 5.11 Å². The Morgan fingerprint density at radius 1 is 1.10 bits per heavy atom. The third-order valence-corrected chi connectivity index (χ3v) is 6.21. The average Bonchev–Trinajstić information content (AvgIpc) is 3.01. The molecule has 1 saturated carbocycles. The molecule has 1 saturated heterocycles. The maximum atomic E-state index is 10.5. The van der Waals surface area contributed by atoms with Gasteiger partial charge >= 0.3 is 0 Å². The molecule has 2 fully saturated rings. The minimum absolute atomic E-state index is 0.302. The van der Waals surface area contributed by atoms with Crippen molar-refractivity contribution in [3.63, 3.8) is 0 Å². The van der Waals surface area contributed by atoms with Gasteiger partial charge in [-0.1, -0.05) is 31.7 Å². The van der Waals surface area contributed by atoms with Gasteiger partial charge in [-0.2, -0.15) is 0 Å². The van der Waals surface area contributed by atoms with Gasteiger partial charge in [0.15, 0.2) is 0 Å². The SMILES string of the molecule is COc1ccc(CNC2CCCCCC2)c(OC[C@H](O)CN2CCN(C)CC2)c1. The largest absolute Gasteiger partial charge is 0.497 e. The number of hydrogen-bond donors (Lipinski definition) is 2. The second-order valence-corrected chi connectivity index (χ2v) is 8.61. The number of nitrogens with zero attached hydrogens (tertiary/aromatic N) is 2. The van der Waals surface area contributed by atoms with Crippen molar-refractivity contribution < 1.29 is 14.6 Å². The van der Waals surface area contributed by atoms with Crippen molar-refractivity contribution in [3.8, 4) is 11.5 Å². The lowest BCUT2D eigenvalue weighted by molar-refractivity contribution is 0.0501. The number of nitrogens with one attached hydrogen (secondary N) is 1. The highest BCUT2D eigenvalue weighted by Crippen LogP contribution is 2.26. The van der Waals surface area contributed by atoms with E-state index in [1.807, 2.05) is 12.1 Å². The monoisotopic (exact) mass is 405 g/mol. The van der Waals surface area contributed by atoms with Crippen LogP contribution in [0, 0.1) is 0 Å². The van der Waals surface area contributed by atoms with Crippen LogP contribution in [0.4, 0.5) is 0 Å². The Morgan fingerprint density at radius 2 is 1.83 bits per heavy atom. The summed E-state index contributed by atoms with van der Waals surface area (Å²) in [5.41, 5.74) is 1.13. The maximum Gasteiger partial charge on any atom is 0.127 e. The first-order valence-electron chi connectivity index (χ1n) is 11.3. The Hall–Kier alpha value is -1.34. The third kappa shape index (κ3) is 7.45. The fraction of sp³-hybridized carbons (Fsp3) is 0.739. The maximum absolute atomic E-state index is 10.5. The molecule has 0 spiro atoms. The minimum Gasteiger partial charge on any atom is -0.497 e. The molecule has 1 heterocycles. The van der Waals surface area contributed by atoms with Crippen LogP contribution >= 0.6 is 0 Å². The van der Waals surface area contributed by atoms with Crippen LogP contribution in [0.2, 0.25) is 0 Å². The zero-order chi connectivity index (χ0) is 20.5. The molecule has 2 N–H and O–H groups in total. The molecule has 6 nitrogen and oxygen atoms in total. The van der Waals surface area contributed by atoms with Crippen LogP contribution in [-0.2, 0) is 6.54 Å². The van der Waals surface area contributed by atoms with Gasteiger partial charge in [-0.25, -0.2) is 0 Å². The summed E-state index contributed by atoms with van der Waals surface area (Å²) < 4.78 is 11.4. The Balaban J connectivity index is 1.52. The number of methoxy groups -OCH3 is 1. The van der Waals surface area contributed by atoms with Crippen molar-refractivity contribution in [3.05, 3.63) is 23.8 Å². The molecule has 2 aliphatic rings. The second kappa shape index (κ2) is 11.7. The molecule has 1 aliphatic heterocycles. The predicted molar refractivity (Wildman–Crippen MR) is 117 cm³/mol. The van der Waals surface area contributed by atoms with Gasteiger partial charge in [0.1, 0.15) is 24.2 Å². The van der Waals surface area contributed by atoms with Gasteiger partial charge in [0.25, 0.3) is 0 Å². The lowest BCUT2D eigenvalue weighted by atomic mass is 10.1. The van der Waals surface area contributed by atoms with Crippen LogP contribution < -0.4 is 14.8 Å². The summed E-state index contributed by atoms with van der Waals surface area (Å²) in [4.78, 5) is 4.64. The first kappa shape index (κ1) is 22.3. The van der Waals surface area contributed by atoms with E-state index in [0.29, 0.717) is 19.2 Å². The van der Waals surface area contributed by atoms with Crippen molar-refractivity contribution >= 4 is 0 Å². The molecule has 1 aliphatic carbocycles. The summed E-state index contributed by atoms with van der Waals surface area (Å²) in [5.74, 6) is 1.59. The van der Waals surface area contributed by atoms with E-state index in [-0.39, 0.29) is 0 Å². The van der Waals surface area contributed by atoms with E-state index in [2.05, 4.69) is 28.2 Å². The van der Waals surface area contributed by atoms with Crippen LogP contribution in [0.3, 0.4) is 0 Å². The van der Waals surface area contributed by atoms with Gasteiger partial charge in [-0.05, 0) is 26.0 Å². The van der Waals surface area contributed by atoms with Crippen LogP contribution in [0.15, 0.2) is 18.2 Å². The summed E-state index contributed by atoms with van der Waals surface area (Å²) in [6.07, 6.45) is 7.39. The quantitative estimate of drug-likeness (QED) is 0.616. The van der Waals surface area contributed by atoms with Crippen molar-refractivity contribution in [2.45, 2.75) is 57.2 Å². The standard InChI is InChI=1S/C23H39N3O3/c1-25-11-13-26(14-12-25)17-21(27)18-29-23-15-22(28-2)10-9-19(23)16-24-20-7-5-3-4-6-8-20/h9-10,15,20-21,24,27H,3-8,11-14,16-18H2,1-2H3/t21-/m1/s1. The molecule has 0 amide bonds. The normalized spacial score (nSPS) is 20.9. The van der Waals surface area contributed by atoms with Crippen molar-refractivity contribution in [1.29, 1.82) is 0 Å². The molecule has 1 aromatic carbocycles. The van der Waals surface area contributed by atoms with Crippen LogP contribution in [-0.4, -0.2) is 80.5 Å². The fourth-order valence-electron chi connectivity index (χ4n) is 4.25. The number of benzene rings is 1. The number of rotatable bonds is 9. The number of aliphatic hydroxyl groups excluding tert-OH is 1. The Labute approximate surface area is 176 Å². The van der Waals surface area contributed by atoms with Gasteiger partial charge in [0, 0.05) is 56.9 Å². The lowest BCUT2D eigenvalue weighted by Gasteiger charge is -2.33. The summed E-state index contributed by atoms with van der Waals surface area (Å²) in [6.45, 7) is 5.87. The number of β-amino-alcohol motifs (C(OH)–C–C–N with tert-alkyl or cyclic N) is 1. The highest BCUT2D eigenvalue weighted by molar-refractivity contribution is 5.40. The van der Waals surface area contributed by atoms with E-state index in [0.717, 1.165) is 49.8 Å². The summed E-state index contributed by atoms with van der Waals surface area (Å²) in [7, 11) is 3.81. The molecule has 3 rings (SSSR count). The first-order valence-corrected chi connectivity index (χ1v) is 11.3. The zero-order valence-corrected chi connectivity index (χ0v) is 18.2. The van der Waals surface area contributed by atoms with Gasteiger partial charge in [-0.15, -0.1) is 0 Å². The topological polar surface area (TPSA) is 57.2 Å². The van der Waals surface area contributed by atoms with Crippen LogP contribution in [0.25, 0.3) is 0 Å². The third-order valence-electron chi connectivity index (χ3n) is 6.21. The van der Waals surface area contributed by atoms with Crippen molar-refractivity contribution in [2.75, 3.05) is 53.5 Å². The molecule has 29 heavy (non-hydrogen) atoms. The van der Waals surface area contributed by atoms with Gasteiger partial charge in [0.2, 0.25) is 0 Å². The molecule has 6 heteroatoms. The Kier molecular flexibility index (Phi) is 9.05. The average molecular weight is 406 g/mol. The number of piperazine rings is 1. The van der Waals surface area contributed by atoms with Gasteiger partial charge < -0.3 is 24.8 Å². The lowest BCUT2D eigenvalue weighted by Crippen LogP contribution is -2.47. The number of ether oxygens (including phenoxy) is 2. The molecule has 1 atom stereocenters. The number of likely N-dealkylation sites (N-methyl/N-ethyl adjacent to an activating group) is 1.